The summed E-state index contributed by atoms with van der Waals surface area (Å²) in [5.74, 6) is 0.542. The van der Waals surface area contributed by atoms with E-state index in [-0.39, 0.29) is 16.9 Å². The van der Waals surface area contributed by atoms with Gasteiger partial charge in [-0.15, -0.1) is 11.3 Å². The number of benzene rings is 2. The van der Waals surface area contributed by atoms with E-state index in [4.69, 9.17) is 0 Å². The summed E-state index contributed by atoms with van der Waals surface area (Å²) in [6.07, 6.45) is 0.875. The number of phenolic OH excluding ortho intramolecular Hbond substituents is 2. The summed E-state index contributed by atoms with van der Waals surface area (Å²) < 4.78 is 0. The molecule has 0 fully saturated rings. The highest BCUT2D eigenvalue weighted by Gasteiger charge is 2.29. The van der Waals surface area contributed by atoms with Crippen molar-refractivity contribution in [2.75, 3.05) is 0 Å². The number of phenols is 2. The van der Waals surface area contributed by atoms with Gasteiger partial charge in [0.2, 0.25) is 0 Å². The van der Waals surface area contributed by atoms with Crippen molar-refractivity contribution in [2.24, 2.45) is 0 Å². The molecule has 0 saturated heterocycles. The molecule has 0 saturated carbocycles. The van der Waals surface area contributed by atoms with Crippen molar-refractivity contribution in [3.05, 3.63) is 82.0 Å². The van der Waals surface area contributed by atoms with Crippen LogP contribution in [0.2, 0.25) is 0 Å². The molecule has 112 valence electrons. The van der Waals surface area contributed by atoms with Gasteiger partial charge < -0.3 is 10.2 Å². The normalized spacial score (nSPS) is 11.5. The zero-order chi connectivity index (χ0) is 15.6. The third kappa shape index (κ3) is 2.85. The molecule has 2 nitrogen and oxygen atoms in total. The maximum Gasteiger partial charge on any atom is 0.115 e. The van der Waals surface area contributed by atoms with Gasteiger partial charge in [0.1, 0.15) is 11.5 Å². The molecule has 1 heterocycles. The molecule has 2 N–H and O–H groups in total. The minimum Gasteiger partial charge on any atom is -0.508 e. The van der Waals surface area contributed by atoms with Crippen LogP contribution in [0.5, 0.6) is 11.5 Å². The lowest BCUT2D eigenvalue weighted by molar-refractivity contribution is 0.473. The molecule has 3 rings (SSSR count). The van der Waals surface area contributed by atoms with E-state index in [1.807, 2.05) is 24.3 Å². The highest BCUT2D eigenvalue weighted by Crippen LogP contribution is 2.37. The molecule has 3 aromatic rings. The van der Waals surface area contributed by atoms with Gasteiger partial charge in [-0.05, 0) is 53.3 Å². The smallest absolute Gasteiger partial charge is 0.115 e. The van der Waals surface area contributed by atoms with Crippen molar-refractivity contribution in [2.45, 2.75) is 18.8 Å². The molecule has 0 spiro atoms. The second-order valence-corrected chi connectivity index (χ2v) is 6.71. The first-order valence-electron chi connectivity index (χ1n) is 7.19. The first kappa shape index (κ1) is 14.7. The number of thiophene rings is 1. The van der Waals surface area contributed by atoms with Crippen LogP contribution in [0, 0.1) is 0 Å². The van der Waals surface area contributed by atoms with Crippen LogP contribution in [-0.4, -0.2) is 10.2 Å². The van der Waals surface area contributed by atoms with Crippen molar-refractivity contribution in [3.63, 3.8) is 0 Å². The Kier molecular flexibility index (Phi) is 3.90. The molecule has 1 aromatic heterocycles. The Morgan fingerprint density at radius 3 is 1.73 bits per heavy atom. The predicted octanol–water partition coefficient (Wildman–Crippen LogP) is 4.71. The van der Waals surface area contributed by atoms with Crippen LogP contribution < -0.4 is 0 Å². The number of hydrogen-bond acceptors (Lipinski definition) is 3. The van der Waals surface area contributed by atoms with E-state index < -0.39 is 0 Å². The fourth-order valence-electron chi connectivity index (χ4n) is 2.79. The lowest BCUT2D eigenvalue weighted by atomic mass is 9.73. The van der Waals surface area contributed by atoms with Crippen LogP contribution in [0.3, 0.4) is 0 Å². The largest absolute Gasteiger partial charge is 0.508 e. The van der Waals surface area contributed by atoms with Gasteiger partial charge in [-0.2, -0.15) is 0 Å². The van der Waals surface area contributed by atoms with Crippen LogP contribution >= 0.6 is 11.3 Å². The fraction of sp³-hybridized carbons (Fsp3) is 0.158. The van der Waals surface area contributed by atoms with Gasteiger partial charge in [0.05, 0.1) is 0 Å². The standard InChI is InChI=1S/C19H18O2S/c1-19(13-18-3-2-12-22-18,14-4-8-16(20)9-5-14)15-6-10-17(21)11-7-15/h2-12,20-21H,13H2,1H3. The summed E-state index contributed by atoms with van der Waals surface area (Å²) in [5, 5.41) is 21.2. The average Bonchev–Trinajstić information content (AvgIpc) is 3.01. The second-order valence-electron chi connectivity index (χ2n) is 5.68. The maximum atomic E-state index is 9.56. The highest BCUT2D eigenvalue weighted by atomic mass is 32.1. The van der Waals surface area contributed by atoms with E-state index in [0.717, 1.165) is 17.5 Å². The summed E-state index contributed by atoms with van der Waals surface area (Å²) in [5.41, 5.74) is 2.07. The van der Waals surface area contributed by atoms with Gasteiger partial charge in [-0.25, -0.2) is 0 Å². The Hall–Kier alpha value is -2.26. The molecule has 0 aliphatic rings. The minimum atomic E-state index is -0.216. The third-order valence-corrected chi connectivity index (χ3v) is 4.99. The second kappa shape index (κ2) is 5.85. The molecule has 2 aromatic carbocycles. The van der Waals surface area contributed by atoms with Crippen LogP contribution in [0.4, 0.5) is 0 Å². The first-order valence-corrected chi connectivity index (χ1v) is 8.07. The monoisotopic (exact) mass is 310 g/mol. The zero-order valence-electron chi connectivity index (χ0n) is 12.4. The maximum absolute atomic E-state index is 9.56. The van der Waals surface area contributed by atoms with Gasteiger partial charge in [0, 0.05) is 10.3 Å². The van der Waals surface area contributed by atoms with E-state index in [2.05, 4.69) is 24.4 Å². The molecule has 0 unspecified atom stereocenters. The van der Waals surface area contributed by atoms with Crippen molar-refractivity contribution >= 4 is 11.3 Å². The van der Waals surface area contributed by atoms with Crippen LogP contribution in [-0.2, 0) is 11.8 Å². The molecule has 0 bridgehead atoms. The van der Waals surface area contributed by atoms with Crippen molar-refractivity contribution in [3.8, 4) is 11.5 Å². The summed E-state index contributed by atoms with van der Waals surface area (Å²) in [4.78, 5) is 1.31. The summed E-state index contributed by atoms with van der Waals surface area (Å²) in [6, 6.07) is 19.0. The molecule has 3 heteroatoms. The predicted molar refractivity (Wildman–Crippen MR) is 90.7 cm³/mol. The van der Waals surface area contributed by atoms with Crippen LogP contribution in [0.25, 0.3) is 0 Å². The lowest BCUT2D eigenvalue weighted by Gasteiger charge is -2.31. The highest BCUT2D eigenvalue weighted by molar-refractivity contribution is 7.09. The van der Waals surface area contributed by atoms with Gasteiger partial charge in [0.25, 0.3) is 0 Å². The van der Waals surface area contributed by atoms with E-state index in [1.54, 1.807) is 35.6 Å². The first-order chi connectivity index (χ1) is 10.6. The third-order valence-electron chi connectivity index (χ3n) is 4.12. The summed E-state index contributed by atoms with van der Waals surface area (Å²) >= 11 is 1.75. The van der Waals surface area contributed by atoms with Gasteiger partial charge in [0.15, 0.2) is 0 Å². The van der Waals surface area contributed by atoms with E-state index in [9.17, 15) is 10.2 Å². The molecule has 0 aliphatic carbocycles. The zero-order valence-corrected chi connectivity index (χ0v) is 13.2. The SMILES string of the molecule is CC(Cc1cccs1)(c1ccc(O)cc1)c1ccc(O)cc1. The summed E-state index contributed by atoms with van der Waals surface area (Å²) in [6.45, 7) is 2.20. The van der Waals surface area contributed by atoms with Gasteiger partial charge in [-0.3, -0.25) is 0 Å². The average molecular weight is 310 g/mol. The Balaban J connectivity index is 2.08. The van der Waals surface area contributed by atoms with E-state index in [0.29, 0.717) is 0 Å². The van der Waals surface area contributed by atoms with Crippen LogP contribution in [0.15, 0.2) is 66.0 Å². The quantitative estimate of drug-likeness (QED) is 0.733. The molecule has 0 amide bonds. The Bertz CT molecular complexity index is 683. The molecule has 0 aliphatic heterocycles. The van der Waals surface area contributed by atoms with Gasteiger partial charge >= 0.3 is 0 Å². The van der Waals surface area contributed by atoms with E-state index in [1.165, 1.54) is 4.88 Å². The van der Waals surface area contributed by atoms with E-state index >= 15 is 0 Å². The molecule has 0 radical (unpaired) electrons. The number of aromatic hydroxyl groups is 2. The lowest BCUT2D eigenvalue weighted by Crippen LogP contribution is -2.26. The number of hydrogen-bond donors (Lipinski definition) is 2. The van der Waals surface area contributed by atoms with Crippen molar-refractivity contribution < 1.29 is 10.2 Å². The Morgan fingerprint density at radius 1 is 0.818 bits per heavy atom. The van der Waals surface area contributed by atoms with Crippen molar-refractivity contribution in [1.82, 2.24) is 0 Å². The van der Waals surface area contributed by atoms with Crippen molar-refractivity contribution in [1.29, 1.82) is 0 Å². The van der Waals surface area contributed by atoms with Crippen LogP contribution in [0.1, 0.15) is 22.9 Å². The topological polar surface area (TPSA) is 40.5 Å². The summed E-state index contributed by atoms with van der Waals surface area (Å²) in [7, 11) is 0. The molecular formula is C19H18O2S. The Morgan fingerprint density at radius 2 is 1.32 bits per heavy atom. The number of rotatable bonds is 4. The van der Waals surface area contributed by atoms with Gasteiger partial charge in [-0.1, -0.05) is 37.3 Å². The minimum absolute atomic E-state index is 0.216. The molecule has 0 atom stereocenters. The molecule has 22 heavy (non-hydrogen) atoms. The molecular weight excluding hydrogens is 292 g/mol. The fourth-order valence-corrected chi connectivity index (χ4v) is 3.65. The Labute approximate surface area is 134 Å².